The van der Waals surface area contributed by atoms with Crippen molar-refractivity contribution >= 4 is 11.6 Å². The van der Waals surface area contributed by atoms with Crippen LogP contribution >= 0.6 is 0 Å². The van der Waals surface area contributed by atoms with Crippen LogP contribution in [0.1, 0.15) is 49.4 Å². The minimum atomic E-state index is -0.0128. The Bertz CT molecular complexity index is 801. The molecule has 2 atom stereocenters. The van der Waals surface area contributed by atoms with E-state index in [4.69, 9.17) is 4.74 Å². The van der Waals surface area contributed by atoms with E-state index in [-0.39, 0.29) is 11.9 Å². The van der Waals surface area contributed by atoms with Gasteiger partial charge in [0.25, 0.3) is 0 Å². The monoisotopic (exact) mass is 380 g/mol. The number of amides is 1. The Morgan fingerprint density at radius 1 is 1.25 bits per heavy atom. The second-order valence-corrected chi connectivity index (χ2v) is 8.05. The summed E-state index contributed by atoms with van der Waals surface area (Å²) in [4.78, 5) is 14.9. The van der Waals surface area contributed by atoms with Crippen LogP contribution in [0, 0.1) is 12.8 Å². The van der Waals surface area contributed by atoms with E-state index in [0.29, 0.717) is 6.42 Å². The molecule has 0 aliphatic carbocycles. The molecule has 1 amide bonds. The van der Waals surface area contributed by atoms with Crippen LogP contribution in [-0.4, -0.2) is 26.1 Å². The van der Waals surface area contributed by atoms with Crippen molar-refractivity contribution in [2.45, 2.75) is 46.1 Å². The molecule has 0 aromatic heterocycles. The van der Waals surface area contributed by atoms with Crippen LogP contribution < -0.4 is 15.0 Å². The fraction of sp³-hybridized carbons (Fsp3) is 0.458. The van der Waals surface area contributed by atoms with E-state index in [0.717, 1.165) is 41.4 Å². The first-order chi connectivity index (χ1) is 13.5. The van der Waals surface area contributed by atoms with Gasteiger partial charge in [-0.3, -0.25) is 4.79 Å². The number of ether oxygens (including phenoxy) is 1. The fourth-order valence-corrected chi connectivity index (χ4v) is 4.01. The second kappa shape index (κ2) is 9.13. The zero-order valence-corrected chi connectivity index (χ0v) is 17.5. The quantitative estimate of drug-likeness (QED) is 0.792. The van der Waals surface area contributed by atoms with Gasteiger partial charge in [0.2, 0.25) is 5.91 Å². The van der Waals surface area contributed by atoms with Crippen LogP contribution in [0.5, 0.6) is 5.75 Å². The van der Waals surface area contributed by atoms with Crippen LogP contribution in [0.3, 0.4) is 0 Å². The summed E-state index contributed by atoms with van der Waals surface area (Å²) in [7, 11) is 1.66. The Labute approximate surface area is 168 Å². The van der Waals surface area contributed by atoms with Crippen molar-refractivity contribution < 1.29 is 9.53 Å². The summed E-state index contributed by atoms with van der Waals surface area (Å²) in [6.07, 6.45) is 2.96. The highest BCUT2D eigenvalue weighted by Gasteiger charge is 2.17. The summed E-state index contributed by atoms with van der Waals surface area (Å²) >= 11 is 0. The van der Waals surface area contributed by atoms with Gasteiger partial charge in [0.1, 0.15) is 5.75 Å². The summed E-state index contributed by atoms with van der Waals surface area (Å²) in [6, 6.07) is 14.5. The fourth-order valence-electron chi connectivity index (χ4n) is 4.01. The van der Waals surface area contributed by atoms with E-state index in [1.165, 1.54) is 18.5 Å². The van der Waals surface area contributed by atoms with Gasteiger partial charge in [0.15, 0.2) is 0 Å². The van der Waals surface area contributed by atoms with Gasteiger partial charge in [-0.25, -0.2) is 0 Å². The van der Waals surface area contributed by atoms with Gasteiger partial charge in [0, 0.05) is 18.8 Å². The Balaban J connectivity index is 1.57. The van der Waals surface area contributed by atoms with Gasteiger partial charge in [-0.15, -0.1) is 0 Å². The Kier molecular flexibility index (Phi) is 6.61. The predicted molar refractivity (Wildman–Crippen MR) is 115 cm³/mol. The topological polar surface area (TPSA) is 41.6 Å². The molecule has 2 aromatic carbocycles. The van der Waals surface area contributed by atoms with Gasteiger partial charge in [-0.1, -0.05) is 31.2 Å². The van der Waals surface area contributed by atoms with Crippen LogP contribution in [-0.2, 0) is 11.2 Å². The number of methoxy groups -OCH3 is 1. The van der Waals surface area contributed by atoms with Gasteiger partial charge < -0.3 is 15.0 Å². The first-order valence-corrected chi connectivity index (χ1v) is 10.2. The maximum absolute atomic E-state index is 12.5. The highest BCUT2D eigenvalue weighted by atomic mass is 16.5. The normalized spacial score (nSPS) is 17.9. The summed E-state index contributed by atoms with van der Waals surface area (Å²) in [5.41, 5.74) is 4.46. The predicted octanol–water partition coefficient (Wildman–Crippen LogP) is 4.66. The average Bonchev–Trinajstić information content (AvgIpc) is 2.68. The third kappa shape index (κ3) is 5.06. The molecule has 0 unspecified atom stereocenters. The molecule has 1 fully saturated rings. The molecule has 1 N–H and O–H groups in total. The van der Waals surface area contributed by atoms with Crippen molar-refractivity contribution in [3.63, 3.8) is 0 Å². The number of carbonyl (C=O) groups is 1. The zero-order valence-electron chi connectivity index (χ0n) is 17.5. The lowest BCUT2D eigenvalue weighted by atomic mass is 9.99. The first-order valence-electron chi connectivity index (χ1n) is 10.2. The summed E-state index contributed by atoms with van der Waals surface area (Å²) in [5, 5.41) is 3.11. The molecular formula is C24H32N2O2. The smallest absolute Gasteiger partial charge is 0.224 e. The molecule has 1 aliphatic rings. The van der Waals surface area contributed by atoms with E-state index in [1.54, 1.807) is 7.11 Å². The van der Waals surface area contributed by atoms with Gasteiger partial charge in [0.05, 0.1) is 19.6 Å². The van der Waals surface area contributed by atoms with Gasteiger partial charge >= 0.3 is 0 Å². The lowest BCUT2D eigenvalue weighted by Crippen LogP contribution is -2.34. The van der Waals surface area contributed by atoms with Crippen LogP contribution in [0.2, 0.25) is 0 Å². The molecule has 150 valence electrons. The van der Waals surface area contributed by atoms with Crippen LogP contribution in [0.25, 0.3) is 0 Å². The Hall–Kier alpha value is -2.49. The molecule has 0 radical (unpaired) electrons. The van der Waals surface area contributed by atoms with Gasteiger partial charge in [-0.05, 0) is 67.5 Å². The van der Waals surface area contributed by atoms with E-state index < -0.39 is 0 Å². The molecule has 2 aromatic rings. The molecule has 4 heteroatoms. The first kappa shape index (κ1) is 20.2. The number of hydrogen-bond donors (Lipinski definition) is 1. The molecule has 1 saturated heterocycles. The van der Waals surface area contributed by atoms with Crippen LogP contribution in [0.4, 0.5) is 5.69 Å². The lowest BCUT2D eigenvalue weighted by Gasteiger charge is -2.33. The van der Waals surface area contributed by atoms with E-state index in [2.05, 4.69) is 41.4 Å². The summed E-state index contributed by atoms with van der Waals surface area (Å²) < 4.78 is 5.28. The molecule has 1 heterocycles. The lowest BCUT2D eigenvalue weighted by molar-refractivity contribution is -0.121. The number of rotatable bonds is 6. The average molecular weight is 381 g/mol. The van der Waals surface area contributed by atoms with Crippen molar-refractivity contribution in [1.82, 2.24) is 5.32 Å². The van der Waals surface area contributed by atoms with Crippen LogP contribution in [0.15, 0.2) is 42.5 Å². The highest BCUT2D eigenvalue weighted by molar-refractivity contribution is 5.79. The standard InChI is InChI=1S/C24H32N2O2/c1-17-6-5-13-26(16-17)22-10-8-21(9-11-22)19(3)25-24(27)15-20-7-12-23(28-4)18(2)14-20/h7-12,14,17,19H,5-6,13,15-16H2,1-4H3,(H,25,27)/t17-,19+/m1/s1. The van der Waals surface area contributed by atoms with Crippen molar-refractivity contribution in [1.29, 1.82) is 0 Å². The molecular weight excluding hydrogens is 348 g/mol. The number of hydrogen-bond acceptors (Lipinski definition) is 3. The SMILES string of the molecule is COc1ccc(CC(=O)N[C@@H](C)c2ccc(N3CCC[C@@H](C)C3)cc2)cc1C. The largest absolute Gasteiger partial charge is 0.496 e. The second-order valence-electron chi connectivity index (χ2n) is 8.05. The van der Waals surface area contributed by atoms with Crippen molar-refractivity contribution in [3.05, 3.63) is 59.2 Å². The maximum Gasteiger partial charge on any atom is 0.224 e. The van der Waals surface area contributed by atoms with Crippen molar-refractivity contribution in [2.75, 3.05) is 25.1 Å². The molecule has 0 bridgehead atoms. The van der Waals surface area contributed by atoms with E-state index in [9.17, 15) is 4.79 Å². The third-order valence-electron chi connectivity index (χ3n) is 5.62. The molecule has 0 saturated carbocycles. The molecule has 4 nitrogen and oxygen atoms in total. The summed E-state index contributed by atoms with van der Waals surface area (Å²) in [5.74, 6) is 1.64. The molecule has 0 spiro atoms. The highest BCUT2D eigenvalue weighted by Crippen LogP contribution is 2.25. The van der Waals surface area contributed by atoms with Gasteiger partial charge in [-0.2, -0.15) is 0 Å². The van der Waals surface area contributed by atoms with Crippen molar-refractivity contribution in [2.24, 2.45) is 5.92 Å². The maximum atomic E-state index is 12.5. The number of nitrogens with zero attached hydrogens (tertiary/aromatic N) is 1. The number of aryl methyl sites for hydroxylation is 1. The minimum Gasteiger partial charge on any atom is -0.496 e. The Morgan fingerprint density at radius 2 is 2.00 bits per heavy atom. The van der Waals surface area contributed by atoms with E-state index in [1.807, 2.05) is 32.0 Å². The Morgan fingerprint density at radius 3 is 2.64 bits per heavy atom. The number of nitrogens with one attached hydrogen (secondary N) is 1. The molecule has 1 aliphatic heterocycles. The number of piperidine rings is 1. The number of anilines is 1. The molecule has 28 heavy (non-hydrogen) atoms. The van der Waals surface area contributed by atoms with Crippen molar-refractivity contribution in [3.8, 4) is 5.75 Å². The number of benzene rings is 2. The molecule has 3 rings (SSSR count). The third-order valence-corrected chi connectivity index (χ3v) is 5.62. The summed E-state index contributed by atoms with van der Waals surface area (Å²) in [6.45, 7) is 8.62. The zero-order chi connectivity index (χ0) is 20.1. The number of carbonyl (C=O) groups excluding carboxylic acids is 1. The van der Waals surface area contributed by atoms with E-state index >= 15 is 0 Å². The minimum absolute atomic E-state index is 0.0128.